The van der Waals surface area contributed by atoms with Gasteiger partial charge in [-0.15, -0.1) is 11.3 Å². The molecule has 7 heteroatoms. The van der Waals surface area contributed by atoms with Crippen molar-refractivity contribution in [3.63, 3.8) is 0 Å². The second-order valence-corrected chi connectivity index (χ2v) is 7.57. The van der Waals surface area contributed by atoms with Crippen molar-refractivity contribution in [3.8, 4) is 22.5 Å². The summed E-state index contributed by atoms with van der Waals surface area (Å²) >= 11 is 1.63. The molecule has 0 unspecified atom stereocenters. The maximum Gasteiger partial charge on any atom is 0.164 e. The van der Waals surface area contributed by atoms with Gasteiger partial charge in [-0.05, 0) is 17.7 Å². The Labute approximate surface area is 171 Å². The molecule has 4 heterocycles. The molecule has 4 aromatic heterocycles. The van der Waals surface area contributed by atoms with Crippen LogP contribution in [0.2, 0.25) is 0 Å². The van der Waals surface area contributed by atoms with Crippen LogP contribution in [0.1, 0.15) is 5.56 Å². The van der Waals surface area contributed by atoms with E-state index in [-0.39, 0.29) is 0 Å². The second kappa shape index (κ2) is 7.44. The predicted octanol–water partition coefficient (Wildman–Crippen LogP) is 4.77. The zero-order valence-corrected chi connectivity index (χ0v) is 16.6. The Morgan fingerprint density at radius 3 is 2.62 bits per heavy atom. The molecule has 142 valence electrons. The third kappa shape index (κ3) is 3.48. The van der Waals surface area contributed by atoms with Gasteiger partial charge in [-0.2, -0.15) is 5.10 Å². The van der Waals surface area contributed by atoms with E-state index in [2.05, 4.69) is 32.9 Å². The molecule has 0 atom stereocenters. The van der Waals surface area contributed by atoms with Gasteiger partial charge in [0.1, 0.15) is 10.6 Å². The molecule has 29 heavy (non-hydrogen) atoms. The van der Waals surface area contributed by atoms with Gasteiger partial charge in [-0.25, -0.2) is 9.97 Å². The molecule has 0 radical (unpaired) electrons. The Morgan fingerprint density at radius 1 is 1.00 bits per heavy atom. The number of aromatic nitrogens is 5. The standard InChI is InChI=1S/C22H18N6S/c1-28-13-15(11-25-28)10-24-21-19-18(16-6-3-2-4-7-16)14-29-22(19)27-20(26-21)17-8-5-9-23-12-17/h2-9,11-14H,10H2,1H3,(H,24,26,27). The van der Waals surface area contributed by atoms with Crippen molar-refractivity contribution < 1.29 is 0 Å². The number of hydrogen-bond acceptors (Lipinski definition) is 6. The van der Waals surface area contributed by atoms with Crippen molar-refractivity contribution >= 4 is 27.4 Å². The molecule has 0 aliphatic carbocycles. The van der Waals surface area contributed by atoms with Gasteiger partial charge in [0.15, 0.2) is 5.82 Å². The molecule has 0 fully saturated rings. The van der Waals surface area contributed by atoms with E-state index >= 15 is 0 Å². The minimum Gasteiger partial charge on any atom is -0.365 e. The average molecular weight is 398 g/mol. The summed E-state index contributed by atoms with van der Waals surface area (Å²) in [6.45, 7) is 0.635. The summed E-state index contributed by atoms with van der Waals surface area (Å²) in [5.41, 5.74) is 4.28. The van der Waals surface area contributed by atoms with Gasteiger partial charge in [-0.1, -0.05) is 30.3 Å². The Balaban J connectivity index is 1.64. The lowest BCUT2D eigenvalue weighted by atomic mass is 10.1. The number of benzene rings is 1. The smallest absolute Gasteiger partial charge is 0.164 e. The molecule has 5 aromatic rings. The van der Waals surface area contributed by atoms with Gasteiger partial charge in [0, 0.05) is 54.3 Å². The molecule has 0 saturated heterocycles. The molecule has 6 nitrogen and oxygen atoms in total. The van der Waals surface area contributed by atoms with E-state index in [0.717, 1.165) is 38.3 Å². The van der Waals surface area contributed by atoms with Crippen molar-refractivity contribution in [3.05, 3.63) is 78.2 Å². The molecule has 0 aliphatic rings. The average Bonchev–Trinajstić information content (AvgIpc) is 3.39. The summed E-state index contributed by atoms with van der Waals surface area (Å²) in [6.07, 6.45) is 7.40. The summed E-state index contributed by atoms with van der Waals surface area (Å²) in [5, 5.41) is 10.9. The van der Waals surface area contributed by atoms with Gasteiger partial charge >= 0.3 is 0 Å². The molecule has 5 rings (SSSR count). The second-order valence-electron chi connectivity index (χ2n) is 6.71. The van der Waals surface area contributed by atoms with Crippen LogP contribution in [-0.2, 0) is 13.6 Å². The highest BCUT2D eigenvalue weighted by Crippen LogP contribution is 2.38. The molecular weight excluding hydrogens is 380 g/mol. The highest BCUT2D eigenvalue weighted by atomic mass is 32.1. The maximum atomic E-state index is 4.87. The van der Waals surface area contributed by atoms with Crippen LogP contribution in [-0.4, -0.2) is 24.7 Å². The molecule has 0 amide bonds. The van der Waals surface area contributed by atoms with Gasteiger partial charge in [-0.3, -0.25) is 9.67 Å². The Morgan fingerprint density at radius 2 is 1.86 bits per heavy atom. The summed E-state index contributed by atoms with van der Waals surface area (Å²) in [7, 11) is 1.92. The van der Waals surface area contributed by atoms with Crippen LogP contribution in [0.5, 0.6) is 0 Å². The van der Waals surface area contributed by atoms with Crippen LogP contribution in [0.25, 0.3) is 32.7 Å². The Kier molecular flexibility index (Phi) is 4.50. The van der Waals surface area contributed by atoms with Crippen molar-refractivity contribution in [1.29, 1.82) is 0 Å². The number of rotatable bonds is 5. The van der Waals surface area contributed by atoms with Crippen LogP contribution in [0, 0.1) is 0 Å². The van der Waals surface area contributed by atoms with Crippen LogP contribution < -0.4 is 5.32 Å². The summed E-state index contributed by atoms with van der Waals surface area (Å²) in [4.78, 5) is 14.9. The zero-order chi connectivity index (χ0) is 19.6. The van der Waals surface area contributed by atoms with E-state index < -0.39 is 0 Å². The first-order chi connectivity index (χ1) is 14.3. The molecule has 0 spiro atoms. The van der Waals surface area contributed by atoms with Gasteiger partial charge in [0.25, 0.3) is 0 Å². The van der Waals surface area contributed by atoms with Gasteiger partial charge in [0.2, 0.25) is 0 Å². The fourth-order valence-corrected chi connectivity index (χ4v) is 4.22. The first kappa shape index (κ1) is 17.5. The van der Waals surface area contributed by atoms with Crippen LogP contribution in [0.4, 0.5) is 5.82 Å². The van der Waals surface area contributed by atoms with Gasteiger partial charge in [0.05, 0.1) is 11.6 Å². The predicted molar refractivity (Wildman–Crippen MR) is 117 cm³/mol. The van der Waals surface area contributed by atoms with Crippen molar-refractivity contribution in [2.45, 2.75) is 6.54 Å². The number of aryl methyl sites for hydroxylation is 1. The SMILES string of the molecule is Cn1cc(CNc2nc(-c3cccnc3)nc3scc(-c4ccccc4)c23)cn1. The fourth-order valence-electron chi connectivity index (χ4n) is 3.27. The lowest BCUT2D eigenvalue weighted by molar-refractivity contribution is 0.767. The number of thiophene rings is 1. The van der Waals surface area contributed by atoms with Crippen molar-refractivity contribution in [1.82, 2.24) is 24.7 Å². The van der Waals surface area contributed by atoms with Crippen molar-refractivity contribution in [2.24, 2.45) is 7.05 Å². The molecule has 1 aromatic carbocycles. The quantitative estimate of drug-likeness (QED) is 0.462. The number of pyridine rings is 1. The number of fused-ring (bicyclic) bond motifs is 1. The van der Waals surface area contributed by atoms with E-state index in [1.165, 1.54) is 0 Å². The molecule has 0 aliphatic heterocycles. The summed E-state index contributed by atoms with van der Waals surface area (Å²) < 4.78 is 1.80. The van der Waals surface area contributed by atoms with Crippen LogP contribution in [0.3, 0.4) is 0 Å². The highest BCUT2D eigenvalue weighted by molar-refractivity contribution is 7.17. The van der Waals surface area contributed by atoms with Crippen LogP contribution >= 0.6 is 11.3 Å². The van der Waals surface area contributed by atoms with E-state index in [0.29, 0.717) is 12.4 Å². The number of nitrogens with one attached hydrogen (secondary N) is 1. The lowest BCUT2D eigenvalue weighted by Gasteiger charge is -2.10. The minimum atomic E-state index is 0.635. The third-order valence-electron chi connectivity index (χ3n) is 4.66. The molecule has 1 N–H and O–H groups in total. The monoisotopic (exact) mass is 398 g/mol. The molecule has 0 saturated carbocycles. The van der Waals surface area contributed by atoms with E-state index in [1.54, 1.807) is 28.4 Å². The summed E-state index contributed by atoms with van der Waals surface area (Å²) in [6, 6.07) is 14.2. The van der Waals surface area contributed by atoms with Crippen LogP contribution in [0.15, 0.2) is 72.6 Å². The lowest BCUT2D eigenvalue weighted by Crippen LogP contribution is -2.03. The number of anilines is 1. The largest absolute Gasteiger partial charge is 0.365 e. The van der Waals surface area contributed by atoms with E-state index in [9.17, 15) is 0 Å². The van der Waals surface area contributed by atoms with E-state index in [1.807, 2.05) is 49.8 Å². The first-order valence-electron chi connectivity index (χ1n) is 9.24. The van der Waals surface area contributed by atoms with Gasteiger partial charge < -0.3 is 5.32 Å². The third-order valence-corrected chi connectivity index (χ3v) is 5.53. The van der Waals surface area contributed by atoms with Crippen molar-refractivity contribution in [2.75, 3.05) is 5.32 Å². The fraction of sp³-hybridized carbons (Fsp3) is 0.0909. The first-order valence-corrected chi connectivity index (χ1v) is 10.1. The maximum absolute atomic E-state index is 4.87. The number of nitrogens with zero attached hydrogens (tertiary/aromatic N) is 5. The molecule has 0 bridgehead atoms. The Bertz CT molecular complexity index is 1260. The van der Waals surface area contributed by atoms with E-state index in [4.69, 9.17) is 9.97 Å². The topological polar surface area (TPSA) is 68.5 Å². The number of hydrogen-bond donors (Lipinski definition) is 1. The minimum absolute atomic E-state index is 0.635. The highest BCUT2D eigenvalue weighted by Gasteiger charge is 2.16. The zero-order valence-electron chi connectivity index (χ0n) is 15.8. The molecular formula is C22H18N6S. The normalized spacial score (nSPS) is 11.1. The summed E-state index contributed by atoms with van der Waals surface area (Å²) in [5.74, 6) is 1.48. The Hall–Kier alpha value is -3.58.